The Morgan fingerprint density at radius 3 is 2.10 bits per heavy atom. The lowest BCUT2D eigenvalue weighted by molar-refractivity contribution is -0.162. The molecule has 0 spiro atoms. The highest BCUT2D eigenvalue weighted by Crippen LogP contribution is 2.42. The largest absolute Gasteiger partial charge is 0.436 e. The molecule has 3 saturated heterocycles. The van der Waals surface area contributed by atoms with Crippen LogP contribution in [0.1, 0.15) is 65.2 Å². The van der Waals surface area contributed by atoms with Crippen molar-refractivity contribution in [1.82, 2.24) is 14.7 Å². The molecule has 42 heavy (non-hydrogen) atoms. The van der Waals surface area contributed by atoms with E-state index in [0.29, 0.717) is 51.0 Å². The van der Waals surface area contributed by atoms with E-state index in [2.05, 4.69) is 11.8 Å². The normalized spacial score (nSPS) is 26.0. The van der Waals surface area contributed by atoms with Crippen molar-refractivity contribution in [3.8, 4) is 0 Å². The van der Waals surface area contributed by atoms with Crippen molar-refractivity contribution < 1.29 is 40.7 Å². The SMILES string of the molecule is CC1CCN(C(=O)O[C@H](CC2=CC(C(F)(F)F)=CC(C(F)(F)F)C2)C(=O)N2CCC(N3CCC(C)(N)CC3)CC2)CC1. The minimum absolute atomic E-state index is 0.180. The predicted molar refractivity (Wildman–Crippen MR) is 144 cm³/mol. The summed E-state index contributed by atoms with van der Waals surface area (Å²) < 4.78 is 86.9. The molecular formula is C29H42F6N4O3. The van der Waals surface area contributed by atoms with Crippen LogP contribution in [0.2, 0.25) is 0 Å². The first-order chi connectivity index (χ1) is 19.5. The maximum absolute atomic E-state index is 13.7. The Bertz CT molecular complexity index is 1030. The summed E-state index contributed by atoms with van der Waals surface area (Å²) in [4.78, 5) is 32.0. The summed E-state index contributed by atoms with van der Waals surface area (Å²) in [7, 11) is 0. The van der Waals surface area contributed by atoms with Crippen molar-refractivity contribution >= 4 is 12.0 Å². The van der Waals surface area contributed by atoms with E-state index in [1.165, 1.54) is 9.80 Å². The number of amides is 2. The van der Waals surface area contributed by atoms with Crippen LogP contribution >= 0.6 is 0 Å². The van der Waals surface area contributed by atoms with Gasteiger partial charge in [0, 0.05) is 57.3 Å². The molecule has 3 fully saturated rings. The van der Waals surface area contributed by atoms with Gasteiger partial charge in [-0.15, -0.1) is 0 Å². The van der Waals surface area contributed by atoms with Crippen LogP contribution in [-0.4, -0.2) is 96.0 Å². The number of rotatable bonds is 5. The summed E-state index contributed by atoms with van der Waals surface area (Å²) in [6.45, 7) is 7.31. The van der Waals surface area contributed by atoms with Gasteiger partial charge < -0.3 is 25.2 Å². The van der Waals surface area contributed by atoms with Crippen LogP contribution in [0, 0.1) is 11.8 Å². The number of carbonyl (C=O) groups excluding carboxylic acids is 2. The second-order valence-electron chi connectivity index (χ2n) is 12.8. The average Bonchev–Trinajstić information content (AvgIpc) is 2.91. The monoisotopic (exact) mass is 608 g/mol. The number of ether oxygens (including phenoxy) is 1. The molecule has 0 aromatic carbocycles. The van der Waals surface area contributed by atoms with E-state index >= 15 is 0 Å². The first kappa shape index (κ1) is 32.6. The van der Waals surface area contributed by atoms with Gasteiger partial charge in [-0.2, -0.15) is 26.3 Å². The molecule has 4 rings (SSSR count). The molecule has 1 unspecified atom stereocenters. The maximum Gasteiger partial charge on any atom is 0.416 e. The molecule has 3 aliphatic heterocycles. The molecule has 13 heteroatoms. The Labute approximate surface area is 243 Å². The predicted octanol–water partition coefficient (Wildman–Crippen LogP) is 5.42. The van der Waals surface area contributed by atoms with Gasteiger partial charge in [-0.3, -0.25) is 4.79 Å². The number of piperidine rings is 3. The molecule has 238 valence electrons. The summed E-state index contributed by atoms with van der Waals surface area (Å²) in [5, 5.41) is 0. The van der Waals surface area contributed by atoms with Gasteiger partial charge in [-0.05, 0) is 57.8 Å². The second-order valence-corrected chi connectivity index (χ2v) is 12.8. The van der Waals surface area contributed by atoms with Crippen LogP contribution in [0.3, 0.4) is 0 Å². The lowest BCUT2D eigenvalue weighted by Gasteiger charge is -2.44. The Morgan fingerprint density at radius 2 is 1.55 bits per heavy atom. The molecule has 2 amide bonds. The van der Waals surface area contributed by atoms with Gasteiger partial charge in [0.2, 0.25) is 0 Å². The minimum atomic E-state index is -4.99. The molecule has 1 aliphatic carbocycles. The zero-order valence-corrected chi connectivity index (χ0v) is 24.3. The quantitative estimate of drug-likeness (QED) is 0.422. The van der Waals surface area contributed by atoms with E-state index < -0.39 is 54.8 Å². The highest BCUT2D eigenvalue weighted by molar-refractivity contribution is 5.84. The number of carbonyl (C=O) groups is 2. The van der Waals surface area contributed by atoms with Gasteiger partial charge >= 0.3 is 18.4 Å². The number of allylic oxidation sites excluding steroid dienone is 3. The molecule has 0 bridgehead atoms. The zero-order valence-electron chi connectivity index (χ0n) is 24.3. The van der Waals surface area contributed by atoms with E-state index in [1.807, 2.05) is 6.92 Å². The summed E-state index contributed by atoms with van der Waals surface area (Å²) >= 11 is 0. The fourth-order valence-corrected chi connectivity index (χ4v) is 6.27. The fourth-order valence-electron chi connectivity index (χ4n) is 6.27. The Morgan fingerprint density at radius 1 is 0.976 bits per heavy atom. The van der Waals surface area contributed by atoms with Gasteiger partial charge in [0.25, 0.3) is 5.91 Å². The van der Waals surface area contributed by atoms with Gasteiger partial charge in [0.05, 0.1) is 11.5 Å². The Kier molecular flexibility index (Phi) is 9.91. The van der Waals surface area contributed by atoms with Crippen molar-refractivity contribution in [2.75, 3.05) is 39.3 Å². The van der Waals surface area contributed by atoms with E-state index in [-0.39, 0.29) is 23.2 Å². The molecule has 7 nitrogen and oxygen atoms in total. The molecular weight excluding hydrogens is 566 g/mol. The highest BCUT2D eigenvalue weighted by Gasteiger charge is 2.45. The van der Waals surface area contributed by atoms with Crippen LogP contribution in [0.15, 0.2) is 23.3 Å². The smallest absolute Gasteiger partial charge is 0.416 e. The molecule has 0 aromatic rings. The third kappa shape index (κ3) is 8.42. The summed E-state index contributed by atoms with van der Waals surface area (Å²) in [6, 6.07) is 0.245. The van der Waals surface area contributed by atoms with Crippen molar-refractivity contribution in [2.45, 2.75) is 95.3 Å². The van der Waals surface area contributed by atoms with Gasteiger partial charge in [0.15, 0.2) is 6.10 Å². The molecule has 3 heterocycles. The van der Waals surface area contributed by atoms with Crippen molar-refractivity contribution in [3.63, 3.8) is 0 Å². The number of nitrogens with two attached hydrogens (primary N) is 1. The van der Waals surface area contributed by atoms with Crippen molar-refractivity contribution in [3.05, 3.63) is 23.3 Å². The number of hydrogen-bond acceptors (Lipinski definition) is 5. The molecule has 0 radical (unpaired) electrons. The van der Waals surface area contributed by atoms with Crippen LogP contribution in [0.4, 0.5) is 31.1 Å². The number of halogens is 6. The Hall–Kier alpha value is -2.28. The van der Waals surface area contributed by atoms with E-state index in [4.69, 9.17) is 10.5 Å². The third-order valence-electron chi connectivity index (χ3n) is 9.21. The van der Waals surface area contributed by atoms with Crippen molar-refractivity contribution in [1.29, 1.82) is 0 Å². The van der Waals surface area contributed by atoms with Crippen LogP contribution in [-0.2, 0) is 9.53 Å². The molecule has 0 saturated carbocycles. The molecule has 2 atom stereocenters. The van der Waals surface area contributed by atoms with E-state index in [0.717, 1.165) is 38.8 Å². The molecule has 0 aromatic heterocycles. The van der Waals surface area contributed by atoms with Crippen LogP contribution in [0.5, 0.6) is 0 Å². The van der Waals surface area contributed by atoms with E-state index in [1.54, 1.807) is 0 Å². The molecule has 2 N–H and O–H groups in total. The fraction of sp³-hybridized carbons (Fsp3) is 0.793. The first-order valence-corrected chi connectivity index (χ1v) is 14.8. The topological polar surface area (TPSA) is 79.1 Å². The van der Waals surface area contributed by atoms with Crippen LogP contribution in [0.25, 0.3) is 0 Å². The first-order valence-electron chi connectivity index (χ1n) is 14.8. The van der Waals surface area contributed by atoms with Crippen molar-refractivity contribution in [2.24, 2.45) is 17.6 Å². The van der Waals surface area contributed by atoms with Gasteiger partial charge in [-0.1, -0.05) is 24.6 Å². The number of alkyl halides is 6. The second kappa shape index (κ2) is 12.8. The third-order valence-corrected chi connectivity index (χ3v) is 9.21. The number of hydrogen-bond donors (Lipinski definition) is 1. The minimum Gasteiger partial charge on any atom is -0.436 e. The lowest BCUT2D eigenvalue weighted by Crippen LogP contribution is -2.55. The standard InChI is InChI=1S/C29H42F6N4O3/c1-19-3-9-39(10-4-19)26(41)42-24(17-20-15-21(28(30,31)32)18-22(16-20)29(33,34)35)25(40)38-11-5-23(6-12-38)37-13-7-27(2,36)8-14-37/h15,18-19,22-24H,3-14,16-17,36H2,1-2H3/t22?,24-/m1/s1. The lowest BCUT2D eigenvalue weighted by atomic mass is 9.86. The summed E-state index contributed by atoms with van der Waals surface area (Å²) in [6.07, 6.45) is -8.08. The van der Waals surface area contributed by atoms with Crippen LogP contribution < -0.4 is 5.73 Å². The zero-order chi connectivity index (χ0) is 30.9. The van der Waals surface area contributed by atoms with Gasteiger partial charge in [-0.25, -0.2) is 4.79 Å². The number of nitrogens with zero attached hydrogens (tertiary/aromatic N) is 3. The van der Waals surface area contributed by atoms with E-state index in [9.17, 15) is 35.9 Å². The van der Waals surface area contributed by atoms with Gasteiger partial charge in [0.1, 0.15) is 0 Å². The average molecular weight is 609 g/mol. The maximum atomic E-state index is 13.7. The molecule has 4 aliphatic rings. The number of likely N-dealkylation sites (tertiary alicyclic amines) is 3. The summed E-state index contributed by atoms with van der Waals surface area (Å²) in [5.41, 5.74) is 4.42. The Balaban J connectivity index is 1.48. The highest BCUT2D eigenvalue weighted by atomic mass is 19.4. The summed E-state index contributed by atoms with van der Waals surface area (Å²) in [5.74, 6) is -2.53.